The first kappa shape index (κ1) is 20.3. The number of carbonyl (C=O) groups excluding carboxylic acids is 3. The van der Waals surface area contributed by atoms with Crippen LogP contribution in [0.15, 0.2) is 71.6 Å². The lowest BCUT2D eigenvalue weighted by molar-refractivity contribution is -0.385. The summed E-state index contributed by atoms with van der Waals surface area (Å²) in [6, 6.07) is 18.9. The molecule has 0 unspecified atom stereocenters. The van der Waals surface area contributed by atoms with Crippen LogP contribution in [0.3, 0.4) is 0 Å². The van der Waals surface area contributed by atoms with Gasteiger partial charge < -0.3 is 5.32 Å². The van der Waals surface area contributed by atoms with Crippen LogP contribution < -0.4 is 5.32 Å². The van der Waals surface area contributed by atoms with Crippen molar-refractivity contribution in [2.45, 2.75) is 0 Å². The first-order chi connectivity index (χ1) is 14.9. The second kappa shape index (κ2) is 8.41. The highest BCUT2D eigenvalue weighted by molar-refractivity contribution is 8.18. The van der Waals surface area contributed by atoms with Gasteiger partial charge in [-0.05, 0) is 35.4 Å². The molecule has 0 radical (unpaired) electrons. The minimum absolute atomic E-state index is 0.0252. The number of hydrogen-bond donors (Lipinski definition) is 1. The van der Waals surface area contributed by atoms with Crippen molar-refractivity contribution in [1.82, 2.24) is 4.90 Å². The molecule has 3 aromatic carbocycles. The van der Waals surface area contributed by atoms with Gasteiger partial charge in [-0.2, -0.15) is 0 Å². The van der Waals surface area contributed by atoms with Crippen LogP contribution in [0.4, 0.5) is 16.2 Å². The van der Waals surface area contributed by atoms with Crippen LogP contribution in [-0.2, 0) is 9.59 Å². The fourth-order valence-corrected chi connectivity index (χ4v) is 4.05. The molecule has 1 aliphatic rings. The van der Waals surface area contributed by atoms with E-state index < -0.39 is 28.5 Å². The normalized spacial score (nSPS) is 15.0. The highest BCUT2D eigenvalue weighted by atomic mass is 32.2. The lowest BCUT2D eigenvalue weighted by atomic mass is 10.1. The van der Waals surface area contributed by atoms with E-state index >= 15 is 0 Å². The summed E-state index contributed by atoms with van der Waals surface area (Å²) in [5, 5.41) is 15.1. The van der Waals surface area contributed by atoms with Gasteiger partial charge in [-0.3, -0.25) is 29.4 Å². The molecule has 31 heavy (non-hydrogen) atoms. The quantitative estimate of drug-likeness (QED) is 0.362. The minimum Gasteiger partial charge on any atom is -0.324 e. The molecule has 0 aliphatic carbocycles. The Hall–Kier alpha value is -3.98. The average Bonchev–Trinajstić information content (AvgIpc) is 3.01. The van der Waals surface area contributed by atoms with E-state index in [0.29, 0.717) is 17.4 Å². The van der Waals surface area contributed by atoms with E-state index in [4.69, 9.17) is 0 Å². The van der Waals surface area contributed by atoms with Crippen LogP contribution in [0.2, 0.25) is 0 Å². The fraction of sp³-hybridized carbons (Fsp3) is 0.0455. The first-order valence-corrected chi connectivity index (χ1v) is 10.0. The second-order valence-corrected chi connectivity index (χ2v) is 7.65. The van der Waals surface area contributed by atoms with Gasteiger partial charge in [0.25, 0.3) is 16.8 Å². The molecule has 0 atom stereocenters. The number of nitro benzene ring substituents is 1. The maximum atomic E-state index is 12.7. The molecule has 154 valence electrons. The molecule has 3 aromatic rings. The summed E-state index contributed by atoms with van der Waals surface area (Å²) in [6.45, 7) is -0.456. The van der Waals surface area contributed by atoms with E-state index in [-0.39, 0.29) is 16.2 Å². The number of nitro groups is 1. The average molecular weight is 433 g/mol. The van der Waals surface area contributed by atoms with E-state index in [1.807, 2.05) is 30.3 Å². The summed E-state index contributed by atoms with van der Waals surface area (Å²) in [4.78, 5) is 49.0. The molecule has 1 heterocycles. The topological polar surface area (TPSA) is 110 Å². The monoisotopic (exact) mass is 433 g/mol. The third kappa shape index (κ3) is 4.17. The molecule has 8 nitrogen and oxygen atoms in total. The fourth-order valence-electron chi connectivity index (χ4n) is 3.22. The molecule has 9 heteroatoms. The van der Waals surface area contributed by atoms with Crippen LogP contribution in [0, 0.1) is 10.1 Å². The molecule has 0 spiro atoms. The van der Waals surface area contributed by atoms with Crippen molar-refractivity contribution in [2.24, 2.45) is 0 Å². The van der Waals surface area contributed by atoms with Gasteiger partial charge in [-0.15, -0.1) is 0 Å². The van der Waals surface area contributed by atoms with Gasteiger partial charge in [0, 0.05) is 17.1 Å². The van der Waals surface area contributed by atoms with Gasteiger partial charge >= 0.3 is 0 Å². The number of para-hydroxylation sites is 1. The Morgan fingerprint density at radius 3 is 2.55 bits per heavy atom. The lowest BCUT2D eigenvalue weighted by Crippen LogP contribution is -2.36. The number of anilines is 1. The number of nitrogens with one attached hydrogen (secondary N) is 1. The molecule has 1 saturated heterocycles. The Labute approximate surface area is 180 Å². The summed E-state index contributed by atoms with van der Waals surface area (Å²) in [7, 11) is 0. The molecular formula is C22H15N3O5S. The van der Waals surface area contributed by atoms with E-state index in [0.717, 1.165) is 15.7 Å². The third-order valence-electron chi connectivity index (χ3n) is 4.66. The number of thioether (sulfide) groups is 1. The minimum atomic E-state index is -0.666. The van der Waals surface area contributed by atoms with Crippen LogP contribution >= 0.6 is 11.8 Å². The summed E-state index contributed by atoms with van der Waals surface area (Å²) >= 11 is 0.644. The van der Waals surface area contributed by atoms with Crippen molar-refractivity contribution in [1.29, 1.82) is 0 Å². The van der Waals surface area contributed by atoms with Crippen molar-refractivity contribution in [3.05, 3.63) is 87.3 Å². The van der Waals surface area contributed by atoms with Crippen LogP contribution in [0.25, 0.3) is 16.8 Å². The number of nitrogens with zero attached hydrogens (tertiary/aromatic N) is 2. The predicted molar refractivity (Wildman–Crippen MR) is 118 cm³/mol. The zero-order valence-corrected chi connectivity index (χ0v) is 16.8. The van der Waals surface area contributed by atoms with Crippen LogP contribution in [0.1, 0.15) is 5.56 Å². The Balaban J connectivity index is 1.52. The van der Waals surface area contributed by atoms with Gasteiger partial charge in [0.1, 0.15) is 6.54 Å². The summed E-state index contributed by atoms with van der Waals surface area (Å²) in [5.41, 5.74) is 0.603. The van der Waals surface area contributed by atoms with Crippen LogP contribution in [-0.4, -0.2) is 33.4 Å². The van der Waals surface area contributed by atoms with Crippen molar-refractivity contribution in [3.8, 4) is 0 Å². The molecule has 4 rings (SSSR count). The maximum absolute atomic E-state index is 12.7. The van der Waals surface area contributed by atoms with Crippen LogP contribution in [0.5, 0.6) is 0 Å². The zero-order chi connectivity index (χ0) is 22.0. The molecular weight excluding hydrogens is 418 g/mol. The number of imide groups is 1. The smallest absolute Gasteiger partial charge is 0.294 e. The van der Waals surface area contributed by atoms with Gasteiger partial charge in [0.15, 0.2) is 0 Å². The number of fused-ring (bicyclic) bond motifs is 1. The van der Waals surface area contributed by atoms with Crippen molar-refractivity contribution in [3.63, 3.8) is 0 Å². The van der Waals surface area contributed by atoms with Crippen molar-refractivity contribution in [2.75, 3.05) is 11.9 Å². The molecule has 0 aromatic heterocycles. The number of benzene rings is 3. The maximum Gasteiger partial charge on any atom is 0.294 e. The number of rotatable bonds is 5. The number of amides is 3. The Kier molecular flexibility index (Phi) is 5.50. The highest BCUT2D eigenvalue weighted by Gasteiger charge is 2.36. The first-order valence-electron chi connectivity index (χ1n) is 9.20. The molecule has 1 aliphatic heterocycles. The summed E-state index contributed by atoms with van der Waals surface area (Å²) < 4.78 is 0. The van der Waals surface area contributed by atoms with E-state index in [9.17, 15) is 24.5 Å². The largest absolute Gasteiger partial charge is 0.324 e. The van der Waals surface area contributed by atoms with Crippen molar-refractivity contribution >= 4 is 57.0 Å². The standard InChI is InChI=1S/C22H15N3O5S/c26-20(23-17-10-5-8-14-6-1-3-9-16(14)17)13-24-21(27)19(31-22(24)28)12-15-7-2-4-11-18(15)25(29)30/h1-12H,13H2,(H,23,26)/b19-12+. The molecule has 3 amide bonds. The van der Waals surface area contributed by atoms with Gasteiger partial charge in [0.2, 0.25) is 5.91 Å². The molecule has 0 saturated carbocycles. The Morgan fingerprint density at radius 1 is 1.03 bits per heavy atom. The molecule has 1 fully saturated rings. The van der Waals surface area contributed by atoms with Gasteiger partial charge in [0.05, 0.1) is 15.4 Å². The third-order valence-corrected chi connectivity index (χ3v) is 5.57. The Morgan fingerprint density at radius 2 is 1.74 bits per heavy atom. The lowest BCUT2D eigenvalue weighted by Gasteiger charge is -2.13. The van der Waals surface area contributed by atoms with Crippen molar-refractivity contribution < 1.29 is 19.3 Å². The second-order valence-electron chi connectivity index (χ2n) is 6.66. The van der Waals surface area contributed by atoms with Gasteiger partial charge in [-0.25, -0.2) is 0 Å². The predicted octanol–water partition coefficient (Wildman–Crippen LogP) is 4.42. The van der Waals surface area contributed by atoms with E-state index in [2.05, 4.69) is 5.32 Å². The number of carbonyl (C=O) groups is 3. The van der Waals surface area contributed by atoms with E-state index in [1.165, 1.54) is 24.3 Å². The zero-order valence-electron chi connectivity index (χ0n) is 16.0. The molecule has 1 N–H and O–H groups in total. The van der Waals surface area contributed by atoms with Gasteiger partial charge in [-0.1, -0.05) is 48.5 Å². The summed E-state index contributed by atoms with van der Waals surface area (Å²) in [5.74, 6) is -1.19. The number of hydrogen-bond acceptors (Lipinski definition) is 6. The Bertz CT molecular complexity index is 1270. The van der Waals surface area contributed by atoms with E-state index in [1.54, 1.807) is 18.2 Å². The summed E-state index contributed by atoms with van der Waals surface area (Å²) in [6.07, 6.45) is 1.30. The SMILES string of the molecule is O=C(CN1C(=O)S/C(=C/c2ccccc2[N+](=O)[O-])C1=O)Nc1cccc2ccccc12. The highest BCUT2D eigenvalue weighted by Crippen LogP contribution is 2.34. The molecule has 0 bridgehead atoms.